The van der Waals surface area contributed by atoms with Gasteiger partial charge in [0, 0.05) is 21.6 Å². The van der Waals surface area contributed by atoms with Crippen LogP contribution < -0.4 is 5.32 Å². The van der Waals surface area contributed by atoms with Crippen molar-refractivity contribution in [2.75, 3.05) is 5.32 Å². The lowest BCUT2D eigenvalue weighted by molar-refractivity contribution is 0.102. The van der Waals surface area contributed by atoms with Crippen LogP contribution in [0.1, 0.15) is 28.5 Å². The van der Waals surface area contributed by atoms with Crippen molar-refractivity contribution in [1.29, 1.82) is 0 Å². The standard InChI is InChI=1S/C20H17BrN6OS/c1-3-13-5-4-6-16(11-13)27-12(2)17(24-26-27)18-22-20(29-25-18)23-19(28)14-7-9-15(21)10-8-14/h4-11H,3H2,1-2H3,(H,22,23,25,28). The number of hydrogen-bond donors (Lipinski definition) is 1. The Morgan fingerprint density at radius 2 is 2.00 bits per heavy atom. The molecule has 4 rings (SSSR count). The first-order chi connectivity index (χ1) is 14.0. The van der Waals surface area contributed by atoms with E-state index in [9.17, 15) is 4.79 Å². The largest absolute Gasteiger partial charge is 0.297 e. The first-order valence-corrected chi connectivity index (χ1v) is 10.5. The highest BCUT2D eigenvalue weighted by atomic mass is 79.9. The molecule has 2 heterocycles. The van der Waals surface area contributed by atoms with Crippen LogP contribution in [0.5, 0.6) is 0 Å². The molecule has 0 spiro atoms. The summed E-state index contributed by atoms with van der Waals surface area (Å²) in [6, 6.07) is 15.3. The number of aryl methyl sites for hydroxylation is 1. The molecular weight excluding hydrogens is 452 g/mol. The number of benzene rings is 2. The molecule has 29 heavy (non-hydrogen) atoms. The number of anilines is 1. The second-order valence-corrected chi connectivity index (χ2v) is 8.01. The number of amides is 1. The summed E-state index contributed by atoms with van der Waals surface area (Å²) in [6.45, 7) is 4.04. The smallest absolute Gasteiger partial charge is 0.257 e. The van der Waals surface area contributed by atoms with Crippen LogP contribution >= 0.6 is 27.5 Å². The number of hydrogen-bond acceptors (Lipinski definition) is 6. The SMILES string of the molecule is CCc1cccc(-n2nnc(-c3nsc(NC(=O)c4ccc(Br)cc4)n3)c2C)c1. The van der Waals surface area contributed by atoms with Crippen LogP contribution in [0.4, 0.5) is 5.13 Å². The van der Waals surface area contributed by atoms with Crippen LogP contribution in [-0.2, 0) is 6.42 Å². The average molecular weight is 469 g/mol. The van der Waals surface area contributed by atoms with Gasteiger partial charge in [-0.25, -0.2) is 4.68 Å². The summed E-state index contributed by atoms with van der Waals surface area (Å²) in [5, 5.41) is 11.7. The minimum Gasteiger partial charge on any atom is -0.297 e. The van der Waals surface area contributed by atoms with E-state index in [1.54, 1.807) is 16.8 Å². The Hall–Kier alpha value is -2.91. The van der Waals surface area contributed by atoms with Crippen LogP contribution in [0.15, 0.2) is 53.0 Å². The minimum atomic E-state index is -0.239. The molecule has 0 bridgehead atoms. The van der Waals surface area contributed by atoms with Crippen molar-refractivity contribution in [3.8, 4) is 17.2 Å². The topological polar surface area (TPSA) is 85.6 Å². The third-order valence-corrected chi connectivity index (χ3v) is 5.58. The van der Waals surface area contributed by atoms with Gasteiger partial charge in [-0.05, 0) is 55.3 Å². The van der Waals surface area contributed by atoms with Gasteiger partial charge in [0.25, 0.3) is 5.91 Å². The minimum absolute atomic E-state index is 0.239. The first-order valence-electron chi connectivity index (χ1n) is 8.97. The fourth-order valence-corrected chi connectivity index (χ4v) is 3.66. The summed E-state index contributed by atoms with van der Waals surface area (Å²) >= 11 is 4.47. The second kappa shape index (κ2) is 8.22. The van der Waals surface area contributed by atoms with Gasteiger partial charge in [0.1, 0.15) is 0 Å². The van der Waals surface area contributed by atoms with Gasteiger partial charge in [-0.15, -0.1) is 5.10 Å². The van der Waals surface area contributed by atoms with Crippen molar-refractivity contribution < 1.29 is 4.79 Å². The molecule has 0 fully saturated rings. The molecule has 7 nitrogen and oxygen atoms in total. The van der Waals surface area contributed by atoms with Crippen LogP contribution in [0.3, 0.4) is 0 Å². The average Bonchev–Trinajstić information content (AvgIpc) is 3.34. The zero-order valence-electron chi connectivity index (χ0n) is 15.8. The molecule has 1 amide bonds. The fourth-order valence-electron chi connectivity index (χ4n) is 2.83. The third kappa shape index (κ3) is 4.10. The maximum absolute atomic E-state index is 12.4. The summed E-state index contributed by atoms with van der Waals surface area (Å²) in [4.78, 5) is 16.8. The number of nitrogens with one attached hydrogen (secondary N) is 1. The molecular formula is C20H17BrN6OS. The lowest BCUT2D eigenvalue weighted by atomic mass is 10.1. The highest BCUT2D eigenvalue weighted by Gasteiger charge is 2.18. The molecule has 1 N–H and O–H groups in total. The maximum atomic E-state index is 12.4. The van der Waals surface area contributed by atoms with E-state index in [0.717, 1.165) is 33.8 Å². The fraction of sp³-hybridized carbons (Fsp3) is 0.150. The lowest BCUT2D eigenvalue weighted by Gasteiger charge is -2.05. The summed E-state index contributed by atoms with van der Waals surface area (Å²) in [5.74, 6) is 0.202. The van der Waals surface area contributed by atoms with E-state index in [2.05, 4.69) is 60.0 Å². The predicted octanol–water partition coefficient (Wildman–Crippen LogP) is 4.67. The first kappa shape index (κ1) is 19.4. The summed E-state index contributed by atoms with van der Waals surface area (Å²) < 4.78 is 7.03. The lowest BCUT2D eigenvalue weighted by Crippen LogP contribution is -2.11. The molecule has 0 saturated carbocycles. The van der Waals surface area contributed by atoms with Gasteiger partial charge in [0.2, 0.25) is 5.13 Å². The van der Waals surface area contributed by atoms with E-state index in [0.29, 0.717) is 22.2 Å². The zero-order valence-corrected chi connectivity index (χ0v) is 18.2. The van der Waals surface area contributed by atoms with Gasteiger partial charge in [-0.3, -0.25) is 10.1 Å². The van der Waals surface area contributed by atoms with E-state index >= 15 is 0 Å². The van der Waals surface area contributed by atoms with Crippen molar-refractivity contribution in [2.24, 2.45) is 0 Å². The second-order valence-electron chi connectivity index (χ2n) is 6.34. The number of rotatable bonds is 5. The Kier molecular flexibility index (Phi) is 5.50. The highest BCUT2D eigenvalue weighted by Crippen LogP contribution is 2.24. The third-order valence-electron chi connectivity index (χ3n) is 4.42. The molecule has 0 atom stereocenters. The number of aromatic nitrogens is 5. The molecule has 0 aliphatic rings. The molecule has 2 aromatic carbocycles. The Morgan fingerprint density at radius 3 is 2.76 bits per heavy atom. The van der Waals surface area contributed by atoms with Gasteiger partial charge < -0.3 is 0 Å². The molecule has 2 aromatic heterocycles. The number of nitrogens with zero attached hydrogens (tertiary/aromatic N) is 5. The Morgan fingerprint density at radius 1 is 1.21 bits per heavy atom. The van der Waals surface area contributed by atoms with Crippen molar-refractivity contribution in [2.45, 2.75) is 20.3 Å². The van der Waals surface area contributed by atoms with Gasteiger partial charge in [-0.1, -0.05) is 40.2 Å². The van der Waals surface area contributed by atoms with E-state index < -0.39 is 0 Å². The summed E-state index contributed by atoms with van der Waals surface area (Å²) in [7, 11) is 0. The summed E-state index contributed by atoms with van der Waals surface area (Å²) in [5.41, 5.74) is 4.14. The number of carbonyl (C=O) groups excluding carboxylic acids is 1. The molecule has 0 aliphatic heterocycles. The highest BCUT2D eigenvalue weighted by molar-refractivity contribution is 9.10. The van der Waals surface area contributed by atoms with E-state index in [1.807, 2.05) is 31.2 Å². The quantitative estimate of drug-likeness (QED) is 0.459. The van der Waals surface area contributed by atoms with E-state index in [1.165, 1.54) is 5.56 Å². The van der Waals surface area contributed by atoms with Crippen molar-refractivity contribution >= 4 is 38.5 Å². The van der Waals surface area contributed by atoms with E-state index in [-0.39, 0.29) is 5.91 Å². The molecule has 0 radical (unpaired) electrons. The van der Waals surface area contributed by atoms with Gasteiger partial charge in [0.05, 0.1) is 11.4 Å². The van der Waals surface area contributed by atoms with Crippen molar-refractivity contribution in [3.05, 3.63) is 69.8 Å². The zero-order chi connectivity index (χ0) is 20.4. The van der Waals surface area contributed by atoms with Crippen molar-refractivity contribution in [1.82, 2.24) is 24.4 Å². The van der Waals surface area contributed by atoms with Gasteiger partial charge >= 0.3 is 0 Å². The van der Waals surface area contributed by atoms with Gasteiger partial charge in [-0.2, -0.15) is 9.36 Å². The Bertz CT molecular complexity index is 1170. The molecule has 0 unspecified atom stereocenters. The number of carbonyl (C=O) groups is 1. The number of halogens is 1. The molecule has 9 heteroatoms. The van der Waals surface area contributed by atoms with Crippen molar-refractivity contribution in [3.63, 3.8) is 0 Å². The Labute approximate surface area is 180 Å². The monoisotopic (exact) mass is 468 g/mol. The maximum Gasteiger partial charge on any atom is 0.257 e. The molecule has 0 aliphatic carbocycles. The molecule has 146 valence electrons. The van der Waals surface area contributed by atoms with Crippen LogP contribution in [0.25, 0.3) is 17.2 Å². The van der Waals surface area contributed by atoms with E-state index in [4.69, 9.17) is 0 Å². The predicted molar refractivity (Wildman–Crippen MR) is 116 cm³/mol. The summed E-state index contributed by atoms with van der Waals surface area (Å²) in [6.07, 6.45) is 0.948. The molecule has 0 saturated heterocycles. The van der Waals surface area contributed by atoms with Crippen LogP contribution in [0, 0.1) is 6.92 Å². The van der Waals surface area contributed by atoms with Gasteiger partial charge in [0.15, 0.2) is 11.5 Å². The van der Waals surface area contributed by atoms with Crippen LogP contribution in [-0.4, -0.2) is 30.3 Å². The normalized spacial score (nSPS) is 10.9. The molecule has 4 aromatic rings. The van der Waals surface area contributed by atoms with Crippen LogP contribution in [0.2, 0.25) is 0 Å². The Balaban J connectivity index is 1.56.